The summed E-state index contributed by atoms with van der Waals surface area (Å²) in [7, 11) is -2.14. The van der Waals surface area contributed by atoms with E-state index in [-0.39, 0.29) is 0 Å². The van der Waals surface area contributed by atoms with Gasteiger partial charge < -0.3 is 0 Å². The SMILES string of the molecule is Cc1cc(C)c([PH+](c2c(C)cc(C)cc2C)C(C)C[BH-](c2c(F)c(F)c(F)c(F)c2F)c2c(F)c(F)c(F)c(F)c2F)c(C)c1. The maximum Gasteiger partial charge on any atom is 0.200 e. The first kappa shape index (κ1) is 34.5. The molecule has 4 aromatic carbocycles. The molecule has 1 atom stereocenters. The van der Waals surface area contributed by atoms with E-state index in [1.54, 1.807) is 6.92 Å². The fourth-order valence-electron chi connectivity index (χ4n) is 6.92. The van der Waals surface area contributed by atoms with Crippen molar-refractivity contribution in [3.8, 4) is 0 Å². The summed E-state index contributed by atoms with van der Waals surface area (Å²) in [6, 6.07) is 7.65. The zero-order valence-corrected chi connectivity index (χ0v) is 26.6. The first-order valence-corrected chi connectivity index (χ1v) is 15.8. The largest absolute Gasteiger partial charge is 0.207 e. The van der Waals surface area contributed by atoms with Gasteiger partial charge in [0.1, 0.15) is 33.9 Å². The van der Waals surface area contributed by atoms with Crippen LogP contribution >= 0.6 is 7.92 Å². The van der Waals surface area contributed by atoms with E-state index in [2.05, 4.69) is 0 Å². The van der Waals surface area contributed by atoms with Crippen LogP contribution in [0.4, 0.5) is 43.9 Å². The van der Waals surface area contributed by atoms with Crippen molar-refractivity contribution >= 4 is 36.2 Å². The highest BCUT2D eigenvalue weighted by Gasteiger charge is 2.39. The van der Waals surface area contributed by atoms with E-state index in [0.29, 0.717) is 0 Å². The van der Waals surface area contributed by atoms with Crippen molar-refractivity contribution in [2.75, 3.05) is 0 Å². The molecular formula is C33H30BF10P. The Labute approximate surface area is 256 Å². The summed E-state index contributed by atoms with van der Waals surface area (Å²) in [4.78, 5) is 0. The average molecular weight is 658 g/mol. The number of hydrogen-bond donors (Lipinski definition) is 0. The van der Waals surface area contributed by atoms with E-state index in [9.17, 15) is 26.3 Å². The van der Waals surface area contributed by atoms with E-state index < -0.39 is 95.7 Å². The highest BCUT2D eigenvalue weighted by molar-refractivity contribution is 7.74. The Kier molecular flexibility index (Phi) is 9.84. The first-order valence-electron chi connectivity index (χ1n) is 14.2. The Morgan fingerprint density at radius 3 is 0.978 bits per heavy atom. The van der Waals surface area contributed by atoms with Gasteiger partial charge in [-0.25, -0.2) is 43.9 Å². The molecule has 0 saturated carbocycles. The Hall–Kier alpha value is -3.33. The van der Waals surface area contributed by atoms with Gasteiger partial charge in [0.05, 0.1) is 14.6 Å². The van der Waals surface area contributed by atoms with Crippen LogP contribution in [0.1, 0.15) is 40.3 Å². The van der Waals surface area contributed by atoms with Crippen molar-refractivity contribution in [1.82, 2.24) is 0 Å². The molecule has 0 fully saturated rings. The van der Waals surface area contributed by atoms with Crippen LogP contribution in [-0.4, -0.2) is 12.4 Å². The summed E-state index contributed by atoms with van der Waals surface area (Å²) >= 11 is 0. The minimum absolute atomic E-state index is 0.648. The maximum atomic E-state index is 15.3. The number of hydrogen-bond acceptors (Lipinski definition) is 0. The molecule has 0 aliphatic heterocycles. The van der Waals surface area contributed by atoms with Crippen LogP contribution in [0.2, 0.25) is 6.32 Å². The summed E-state index contributed by atoms with van der Waals surface area (Å²) < 4.78 is 147. The maximum absolute atomic E-state index is 15.3. The Morgan fingerprint density at radius 2 is 0.711 bits per heavy atom. The molecule has 0 spiro atoms. The zero-order valence-electron chi connectivity index (χ0n) is 25.6. The van der Waals surface area contributed by atoms with Crippen LogP contribution in [0.3, 0.4) is 0 Å². The zero-order chi connectivity index (χ0) is 33.8. The molecule has 240 valence electrons. The van der Waals surface area contributed by atoms with Gasteiger partial charge in [0.25, 0.3) is 0 Å². The second-order valence-corrected chi connectivity index (χ2v) is 14.7. The molecule has 1 unspecified atom stereocenters. The molecule has 0 N–H and O–H groups in total. The molecule has 0 heterocycles. The van der Waals surface area contributed by atoms with Crippen molar-refractivity contribution in [2.24, 2.45) is 0 Å². The van der Waals surface area contributed by atoms with E-state index in [4.69, 9.17) is 0 Å². The van der Waals surface area contributed by atoms with E-state index in [0.717, 1.165) is 44.0 Å². The fourth-order valence-corrected chi connectivity index (χ4v) is 10.7. The molecule has 0 aromatic heterocycles. The standard InChI is InChI=1S/C33H29BF10P/c1-13-8-15(3)32(16(4)9-13)45(33-17(5)10-14(2)11-18(33)6)19(7)12-34(20-22(35)26(39)30(43)27(40)23(20)36)21-24(37)28(41)31(44)29(42)25(21)38/h8-11,19,34H,12H2,1-7H3/q-1/p+1. The molecule has 0 aliphatic carbocycles. The van der Waals surface area contributed by atoms with Crippen LogP contribution in [0.5, 0.6) is 0 Å². The van der Waals surface area contributed by atoms with Crippen molar-refractivity contribution in [3.63, 3.8) is 0 Å². The molecule has 0 saturated heterocycles. The van der Waals surface area contributed by atoms with Gasteiger partial charge in [-0.2, -0.15) is 0 Å². The third kappa shape index (κ3) is 6.00. The Balaban J connectivity index is 2.09. The van der Waals surface area contributed by atoms with Gasteiger partial charge in [-0.1, -0.05) is 35.4 Å². The number of benzene rings is 4. The lowest BCUT2D eigenvalue weighted by molar-refractivity contribution is 0.382. The summed E-state index contributed by atoms with van der Waals surface area (Å²) in [5.41, 5.74) is 1.24. The van der Waals surface area contributed by atoms with Gasteiger partial charge in [0.2, 0.25) is 0 Å². The second-order valence-electron chi connectivity index (χ2n) is 11.9. The van der Waals surface area contributed by atoms with Gasteiger partial charge in [-0.15, -0.1) is 17.2 Å². The highest BCUT2D eigenvalue weighted by Crippen LogP contribution is 2.46. The quantitative estimate of drug-likeness (QED) is 0.0634. The molecular weight excluding hydrogens is 628 g/mol. The lowest BCUT2D eigenvalue weighted by Gasteiger charge is -2.32. The summed E-state index contributed by atoms with van der Waals surface area (Å²) in [5.74, 6) is -24.1. The lowest BCUT2D eigenvalue weighted by atomic mass is 9.37. The molecule has 0 bridgehead atoms. The van der Waals surface area contributed by atoms with Gasteiger partial charge in [0, 0.05) is 5.66 Å². The molecule has 4 aromatic rings. The molecule has 12 heteroatoms. The van der Waals surface area contributed by atoms with Crippen molar-refractivity contribution in [2.45, 2.75) is 60.4 Å². The average Bonchev–Trinajstić information content (AvgIpc) is 2.95. The van der Waals surface area contributed by atoms with Crippen LogP contribution in [0, 0.1) is 99.7 Å². The van der Waals surface area contributed by atoms with Gasteiger partial charge in [-0.3, -0.25) is 0 Å². The summed E-state index contributed by atoms with van der Waals surface area (Å²) in [6.45, 7) is 9.11. The molecule has 0 radical (unpaired) electrons. The minimum atomic E-state index is -3.66. The fraction of sp³-hybridized carbons (Fsp3) is 0.273. The van der Waals surface area contributed by atoms with Crippen molar-refractivity contribution in [1.29, 1.82) is 0 Å². The third-order valence-electron chi connectivity index (χ3n) is 8.56. The van der Waals surface area contributed by atoms with Crippen LogP contribution in [-0.2, 0) is 0 Å². The van der Waals surface area contributed by atoms with Crippen LogP contribution in [0.15, 0.2) is 24.3 Å². The smallest absolute Gasteiger partial charge is 0.200 e. The van der Waals surface area contributed by atoms with E-state index >= 15 is 17.6 Å². The van der Waals surface area contributed by atoms with Crippen molar-refractivity contribution in [3.05, 3.63) is 116 Å². The van der Waals surface area contributed by atoms with Crippen molar-refractivity contribution < 1.29 is 43.9 Å². The normalized spacial score (nSPS) is 12.5. The van der Waals surface area contributed by atoms with Crippen LogP contribution in [0.25, 0.3) is 0 Å². The molecule has 0 nitrogen and oxygen atoms in total. The molecule has 4 rings (SSSR count). The van der Waals surface area contributed by atoms with E-state index in [1.165, 1.54) is 0 Å². The second kappa shape index (κ2) is 12.8. The number of rotatable bonds is 7. The topological polar surface area (TPSA) is 0 Å². The summed E-state index contributed by atoms with van der Waals surface area (Å²) in [6.07, 6.45) is -0.648. The molecule has 0 amide bonds. The third-order valence-corrected chi connectivity index (χ3v) is 12.5. The number of halogens is 10. The minimum Gasteiger partial charge on any atom is -0.207 e. The highest BCUT2D eigenvalue weighted by atomic mass is 31.1. The predicted octanol–water partition coefficient (Wildman–Crippen LogP) is 7.52. The van der Waals surface area contributed by atoms with Gasteiger partial charge >= 0.3 is 0 Å². The predicted molar refractivity (Wildman–Crippen MR) is 162 cm³/mol. The number of aryl methyl sites for hydroxylation is 6. The van der Waals surface area contributed by atoms with Gasteiger partial charge in [0.15, 0.2) is 34.9 Å². The monoisotopic (exact) mass is 658 g/mol. The first-order chi connectivity index (χ1) is 20.9. The Bertz CT molecular complexity index is 1610. The van der Waals surface area contributed by atoms with E-state index in [1.807, 2.05) is 65.8 Å². The molecule has 0 aliphatic rings. The van der Waals surface area contributed by atoms with Crippen LogP contribution < -0.4 is 21.5 Å². The molecule has 45 heavy (non-hydrogen) atoms. The lowest BCUT2D eigenvalue weighted by Crippen LogP contribution is -2.52. The van der Waals surface area contributed by atoms with Gasteiger partial charge in [-0.05, 0) is 70.7 Å². The Morgan fingerprint density at radius 1 is 0.467 bits per heavy atom. The summed E-state index contributed by atoms with van der Waals surface area (Å²) in [5, 5.41) is 1.70.